The van der Waals surface area contributed by atoms with E-state index in [9.17, 15) is 17.6 Å². The highest BCUT2D eigenvalue weighted by Crippen LogP contribution is 2.35. The van der Waals surface area contributed by atoms with Crippen molar-refractivity contribution in [1.29, 1.82) is 0 Å². The summed E-state index contributed by atoms with van der Waals surface area (Å²) in [6.45, 7) is 2.03. The molecule has 1 heterocycles. The maximum absolute atomic E-state index is 14.5. The van der Waals surface area contributed by atoms with Crippen LogP contribution in [0.3, 0.4) is 0 Å². The number of nitrogens with zero attached hydrogens (tertiary/aromatic N) is 1. The van der Waals surface area contributed by atoms with Crippen LogP contribution in [0, 0.1) is 5.82 Å². The van der Waals surface area contributed by atoms with Gasteiger partial charge in [-0.3, -0.25) is 4.98 Å². The van der Waals surface area contributed by atoms with Crippen molar-refractivity contribution in [2.75, 3.05) is 7.11 Å². The fourth-order valence-electron chi connectivity index (χ4n) is 2.99. The van der Waals surface area contributed by atoms with E-state index in [0.717, 1.165) is 24.3 Å². The highest BCUT2D eigenvalue weighted by Gasteiger charge is 2.31. The van der Waals surface area contributed by atoms with Crippen molar-refractivity contribution < 1.29 is 22.3 Å². The standard InChI is InChI=1S/C21H19F4NO/c1-3-4-5-19-17(10-13-6-8-15(27-2)12-20(13)26-19)16-9-7-14(11-18(16)22)21(23,24)25/h6-12H,3-5H2,1-2H3. The third-order valence-corrected chi connectivity index (χ3v) is 4.46. The lowest BCUT2D eigenvalue weighted by molar-refractivity contribution is -0.137. The van der Waals surface area contributed by atoms with Crippen molar-refractivity contribution in [3.63, 3.8) is 0 Å². The first-order valence-corrected chi connectivity index (χ1v) is 8.68. The largest absolute Gasteiger partial charge is 0.497 e. The molecule has 2 aromatic carbocycles. The van der Waals surface area contributed by atoms with Gasteiger partial charge in [0.2, 0.25) is 0 Å². The number of aryl methyl sites for hydroxylation is 1. The summed E-state index contributed by atoms with van der Waals surface area (Å²) in [4.78, 5) is 4.64. The smallest absolute Gasteiger partial charge is 0.416 e. The van der Waals surface area contributed by atoms with Gasteiger partial charge in [0.1, 0.15) is 11.6 Å². The summed E-state index contributed by atoms with van der Waals surface area (Å²) in [5, 5.41) is 0.769. The van der Waals surface area contributed by atoms with Gasteiger partial charge in [0.25, 0.3) is 0 Å². The number of halogens is 4. The summed E-state index contributed by atoms with van der Waals surface area (Å²) < 4.78 is 58.3. The molecule has 0 saturated heterocycles. The fourth-order valence-corrected chi connectivity index (χ4v) is 2.99. The molecule has 0 amide bonds. The predicted octanol–water partition coefficient (Wildman–Crippen LogP) is 6.41. The van der Waals surface area contributed by atoms with Crippen LogP contribution in [0.15, 0.2) is 42.5 Å². The van der Waals surface area contributed by atoms with Crippen LogP contribution in [0.1, 0.15) is 31.0 Å². The lowest BCUT2D eigenvalue weighted by Gasteiger charge is -2.14. The van der Waals surface area contributed by atoms with Gasteiger partial charge < -0.3 is 4.74 Å². The van der Waals surface area contributed by atoms with E-state index in [4.69, 9.17) is 4.74 Å². The molecule has 0 saturated carbocycles. The molecule has 3 rings (SSSR count). The van der Waals surface area contributed by atoms with E-state index in [1.165, 1.54) is 6.07 Å². The molecule has 0 spiro atoms. The average Bonchev–Trinajstić information content (AvgIpc) is 2.64. The molecule has 0 unspecified atom stereocenters. The molecule has 0 atom stereocenters. The third-order valence-electron chi connectivity index (χ3n) is 4.46. The van der Waals surface area contributed by atoms with Crippen LogP contribution in [0.4, 0.5) is 17.6 Å². The van der Waals surface area contributed by atoms with Crippen molar-refractivity contribution in [1.82, 2.24) is 4.98 Å². The zero-order valence-corrected chi connectivity index (χ0v) is 15.0. The maximum Gasteiger partial charge on any atom is 0.416 e. The lowest BCUT2D eigenvalue weighted by Crippen LogP contribution is -2.06. The number of benzene rings is 2. The van der Waals surface area contributed by atoms with Crippen LogP contribution in [-0.2, 0) is 12.6 Å². The topological polar surface area (TPSA) is 22.1 Å². The molecular formula is C21H19F4NO. The predicted molar refractivity (Wildman–Crippen MR) is 97.3 cm³/mol. The molecule has 0 bridgehead atoms. The minimum absolute atomic E-state index is 0.124. The Morgan fingerprint density at radius 2 is 1.78 bits per heavy atom. The number of alkyl halides is 3. The second kappa shape index (κ2) is 7.55. The van der Waals surface area contributed by atoms with Gasteiger partial charge in [-0.05, 0) is 43.2 Å². The minimum Gasteiger partial charge on any atom is -0.497 e. The number of unbranched alkanes of at least 4 members (excludes halogenated alkanes) is 1. The maximum atomic E-state index is 14.5. The lowest BCUT2D eigenvalue weighted by atomic mass is 9.97. The number of pyridine rings is 1. The first-order valence-electron chi connectivity index (χ1n) is 8.68. The normalized spacial score (nSPS) is 11.8. The van der Waals surface area contributed by atoms with Crippen LogP contribution in [0.2, 0.25) is 0 Å². The van der Waals surface area contributed by atoms with Crippen LogP contribution in [0.25, 0.3) is 22.0 Å². The molecule has 2 nitrogen and oxygen atoms in total. The Kier molecular flexibility index (Phi) is 5.35. The van der Waals surface area contributed by atoms with Crippen LogP contribution < -0.4 is 4.74 Å². The molecule has 3 aromatic rings. The van der Waals surface area contributed by atoms with E-state index in [-0.39, 0.29) is 5.56 Å². The van der Waals surface area contributed by atoms with E-state index in [1.807, 2.05) is 6.92 Å². The number of hydrogen-bond acceptors (Lipinski definition) is 2. The van der Waals surface area contributed by atoms with Crippen molar-refractivity contribution in [3.05, 3.63) is 59.5 Å². The zero-order chi connectivity index (χ0) is 19.6. The van der Waals surface area contributed by atoms with Crippen molar-refractivity contribution in [2.45, 2.75) is 32.4 Å². The Labute approximate surface area is 154 Å². The summed E-state index contributed by atoms with van der Waals surface area (Å²) >= 11 is 0. The van der Waals surface area contributed by atoms with Crippen LogP contribution in [0.5, 0.6) is 5.75 Å². The van der Waals surface area contributed by atoms with E-state index in [1.54, 1.807) is 31.4 Å². The highest BCUT2D eigenvalue weighted by atomic mass is 19.4. The van der Waals surface area contributed by atoms with Crippen molar-refractivity contribution >= 4 is 10.9 Å². The Hall–Kier alpha value is -2.63. The second-order valence-corrected chi connectivity index (χ2v) is 6.34. The number of rotatable bonds is 5. The Morgan fingerprint density at radius 3 is 2.41 bits per heavy atom. The summed E-state index contributed by atoms with van der Waals surface area (Å²) in [5.74, 6) is -0.248. The first-order chi connectivity index (χ1) is 12.8. The fraction of sp³-hybridized carbons (Fsp3) is 0.286. The van der Waals surface area contributed by atoms with E-state index < -0.39 is 17.6 Å². The van der Waals surface area contributed by atoms with Crippen molar-refractivity contribution in [3.8, 4) is 16.9 Å². The molecule has 0 fully saturated rings. The first kappa shape index (κ1) is 19.1. The average molecular weight is 377 g/mol. The quantitative estimate of drug-likeness (QED) is 0.479. The number of fused-ring (bicyclic) bond motifs is 1. The van der Waals surface area contributed by atoms with E-state index in [2.05, 4.69) is 4.98 Å². The highest BCUT2D eigenvalue weighted by molar-refractivity contribution is 5.86. The molecule has 0 aliphatic heterocycles. The number of methoxy groups -OCH3 is 1. The Balaban J connectivity index is 2.16. The minimum atomic E-state index is -4.58. The van der Waals surface area contributed by atoms with Gasteiger partial charge in [0.15, 0.2) is 0 Å². The van der Waals surface area contributed by atoms with Gasteiger partial charge in [-0.1, -0.05) is 19.4 Å². The molecule has 27 heavy (non-hydrogen) atoms. The van der Waals surface area contributed by atoms with Gasteiger partial charge in [-0.2, -0.15) is 13.2 Å². The molecule has 6 heteroatoms. The van der Waals surface area contributed by atoms with Gasteiger partial charge in [0, 0.05) is 28.3 Å². The van der Waals surface area contributed by atoms with Gasteiger partial charge >= 0.3 is 6.18 Å². The number of ether oxygens (including phenoxy) is 1. The van der Waals surface area contributed by atoms with Crippen LogP contribution >= 0.6 is 0 Å². The SMILES string of the molecule is CCCCc1nc2cc(OC)ccc2cc1-c1ccc(C(F)(F)F)cc1F. The number of aromatic nitrogens is 1. The molecular weight excluding hydrogens is 358 g/mol. The Morgan fingerprint density at radius 1 is 1.00 bits per heavy atom. The molecule has 0 aliphatic rings. The van der Waals surface area contributed by atoms with Gasteiger partial charge in [-0.15, -0.1) is 0 Å². The third kappa shape index (κ3) is 4.04. The molecule has 142 valence electrons. The van der Waals surface area contributed by atoms with Gasteiger partial charge in [0.05, 0.1) is 18.2 Å². The summed E-state index contributed by atoms with van der Waals surface area (Å²) in [6, 6.07) is 9.76. The summed E-state index contributed by atoms with van der Waals surface area (Å²) in [7, 11) is 1.56. The number of hydrogen-bond donors (Lipinski definition) is 0. The Bertz CT molecular complexity index is 966. The van der Waals surface area contributed by atoms with Gasteiger partial charge in [-0.25, -0.2) is 4.39 Å². The van der Waals surface area contributed by atoms with Crippen LogP contribution in [-0.4, -0.2) is 12.1 Å². The second-order valence-electron chi connectivity index (χ2n) is 6.34. The zero-order valence-electron chi connectivity index (χ0n) is 15.0. The summed E-state index contributed by atoms with van der Waals surface area (Å²) in [6.07, 6.45) is -2.20. The molecule has 1 aromatic heterocycles. The molecule has 0 radical (unpaired) electrons. The van der Waals surface area contributed by atoms with Crippen molar-refractivity contribution in [2.24, 2.45) is 0 Å². The molecule has 0 aliphatic carbocycles. The van der Waals surface area contributed by atoms with E-state index in [0.29, 0.717) is 35.0 Å². The van der Waals surface area contributed by atoms with E-state index >= 15 is 0 Å². The molecule has 0 N–H and O–H groups in total. The summed E-state index contributed by atoms with van der Waals surface area (Å²) in [5.41, 5.74) is 1.01. The monoisotopic (exact) mass is 377 g/mol.